The second kappa shape index (κ2) is 8.49. The molecule has 2 N–H and O–H groups in total. The highest BCUT2D eigenvalue weighted by Crippen LogP contribution is 2.44. The highest BCUT2D eigenvalue weighted by Gasteiger charge is 2.45. The summed E-state index contributed by atoms with van der Waals surface area (Å²) in [4.78, 5) is 24.7. The molecule has 0 heterocycles. The van der Waals surface area contributed by atoms with E-state index in [-0.39, 0.29) is 18.2 Å². The topological polar surface area (TPSA) is 58.2 Å². The molecule has 0 atom stereocenters. The largest absolute Gasteiger partial charge is 0.355 e. The smallest absolute Gasteiger partial charge is 0.230 e. The average molecular weight is 415 g/mol. The van der Waals surface area contributed by atoms with Gasteiger partial charge in [0.15, 0.2) is 0 Å². The molecule has 136 valence electrons. The van der Waals surface area contributed by atoms with Crippen molar-refractivity contribution in [1.82, 2.24) is 10.6 Å². The van der Waals surface area contributed by atoms with E-state index < -0.39 is 5.41 Å². The van der Waals surface area contributed by atoms with Crippen LogP contribution in [0.3, 0.4) is 0 Å². The van der Waals surface area contributed by atoms with Crippen LogP contribution in [0, 0.1) is 0 Å². The van der Waals surface area contributed by atoms with Crippen molar-refractivity contribution >= 4 is 27.7 Å². The van der Waals surface area contributed by atoms with Crippen LogP contribution in [0.1, 0.15) is 36.8 Å². The van der Waals surface area contributed by atoms with Gasteiger partial charge >= 0.3 is 0 Å². The number of nitrogens with one attached hydrogen (secondary N) is 2. The highest BCUT2D eigenvalue weighted by atomic mass is 79.9. The minimum absolute atomic E-state index is 0.0296. The van der Waals surface area contributed by atoms with Gasteiger partial charge in [-0.2, -0.15) is 0 Å². The minimum atomic E-state index is -0.429. The molecule has 26 heavy (non-hydrogen) atoms. The van der Waals surface area contributed by atoms with E-state index in [1.807, 2.05) is 54.6 Å². The van der Waals surface area contributed by atoms with E-state index in [1.54, 1.807) is 0 Å². The van der Waals surface area contributed by atoms with Crippen molar-refractivity contribution < 1.29 is 9.59 Å². The summed E-state index contributed by atoms with van der Waals surface area (Å²) in [7, 11) is 0. The van der Waals surface area contributed by atoms with Crippen molar-refractivity contribution in [3.63, 3.8) is 0 Å². The Morgan fingerprint density at radius 2 is 1.65 bits per heavy atom. The third-order valence-corrected chi connectivity index (χ3v) is 5.54. The summed E-state index contributed by atoms with van der Waals surface area (Å²) < 4.78 is 1.01. The lowest BCUT2D eigenvalue weighted by molar-refractivity contribution is -0.130. The molecule has 2 aromatic rings. The second-order valence-corrected chi connectivity index (χ2v) is 7.63. The maximum Gasteiger partial charge on any atom is 0.230 e. The van der Waals surface area contributed by atoms with E-state index in [4.69, 9.17) is 0 Å². The fourth-order valence-electron chi connectivity index (χ4n) is 3.29. The number of halogens is 1. The third-order valence-electron chi connectivity index (χ3n) is 5.01. The summed E-state index contributed by atoms with van der Waals surface area (Å²) in [6.07, 6.45) is 3.07. The van der Waals surface area contributed by atoms with E-state index in [1.165, 1.54) is 0 Å². The van der Waals surface area contributed by atoms with Crippen molar-refractivity contribution in [1.29, 1.82) is 0 Å². The van der Waals surface area contributed by atoms with Gasteiger partial charge < -0.3 is 10.6 Å². The fourth-order valence-corrected chi connectivity index (χ4v) is 3.55. The number of carbonyl (C=O) groups excluding carboxylic acids is 2. The van der Waals surface area contributed by atoms with Gasteiger partial charge in [0.05, 0.1) is 5.41 Å². The number of benzene rings is 2. The van der Waals surface area contributed by atoms with Gasteiger partial charge in [0.2, 0.25) is 11.8 Å². The Balaban J connectivity index is 1.47. The Hall–Kier alpha value is -2.14. The average Bonchev–Trinajstić information content (AvgIpc) is 2.61. The van der Waals surface area contributed by atoms with E-state index in [9.17, 15) is 9.59 Å². The summed E-state index contributed by atoms with van der Waals surface area (Å²) in [6.45, 7) is 0.869. The maximum atomic E-state index is 12.7. The second-order valence-electron chi connectivity index (χ2n) is 6.71. The number of hydrogen-bond acceptors (Lipinski definition) is 2. The van der Waals surface area contributed by atoms with Crippen LogP contribution in [0.15, 0.2) is 59.1 Å². The van der Waals surface area contributed by atoms with Gasteiger partial charge in [-0.3, -0.25) is 9.59 Å². The van der Waals surface area contributed by atoms with Gasteiger partial charge in [0.1, 0.15) is 0 Å². The first kappa shape index (κ1) is 18.6. The van der Waals surface area contributed by atoms with Crippen molar-refractivity contribution in [3.8, 4) is 0 Å². The summed E-state index contributed by atoms with van der Waals surface area (Å²) in [6, 6.07) is 17.7. The molecule has 4 nitrogen and oxygen atoms in total. The van der Waals surface area contributed by atoms with Gasteiger partial charge in [-0.15, -0.1) is 0 Å². The normalized spacial score (nSPS) is 15.0. The lowest BCUT2D eigenvalue weighted by Crippen LogP contribution is -2.49. The molecule has 1 aliphatic carbocycles. The lowest BCUT2D eigenvalue weighted by Gasteiger charge is -2.40. The summed E-state index contributed by atoms with van der Waals surface area (Å²) >= 11 is 3.43. The zero-order valence-corrected chi connectivity index (χ0v) is 16.2. The van der Waals surface area contributed by atoms with E-state index >= 15 is 0 Å². The van der Waals surface area contributed by atoms with E-state index in [0.29, 0.717) is 13.1 Å². The predicted octanol–water partition coefficient (Wildman–Crippen LogP) is 3.69. The van der Waals surface area contributed by atoms with Crippen LogP contribution in [-0.4, -0.2) is 18.4 Å². The quantitative estimate of drug-likeness (QED) is 0.725. The third kappa shape index (κ3) is 4.33. The molecule has 0 bridgehead atoms. The minimum Gasteiger partial charge on any atom is -0.355 e. The lowest BCUT2D eigenvalue weighted by atomic mass is 9.64. The zero-order chi connectivity index (χ0) is 18.4. The molecular weight excluding hydrogens is 392 g/mol. The standard InChI is InChI=1S/C21H23BrN2O2/c22-18-9-7-17(8-10-18)21(12-4-13-21)20(26)23-14-11-19(25)24-15-16-5-2-1-3-6-16/h1-3,5-10H,4,11-15H2,(H,23,26)(H,24,25). The summed E-state index contributed by atoms with van der Waals surface area (Å²) in [5.41, 5.74) is 1.69. The first-order valence-corrected chi connectivity index (χ1v) is 9.74. The highest BCUT2D eigenvalue weighted by molar-refractivity contribution is 9.10. The molecule has 0 aromatic heterocycles. The van der Waals surface area contributed by atoms with Gasteiger partial charge in [-0.05, 0) is 36.1 Å². The molecule has 5 heteroatoms. The van der Waals surface area contributed by atoms with Crippen LogP contribution in [0.25, 0.3) is 0 Å². The molecule has 0 saturated heterocycles. The summed E-state index contributed by atoms with van der Waals surface area (Å²) in [5, 5.41) is 5.84. The van der Waals surface area contributed by atoms with Gasteiger partial charge in [0.25, 0.3) is 0 Å². The molecule has 0 unspecified atom stereocenters. The molecular formula is C21H23BrN2O2. The number of carbonyl (C=O) groups is 2. The van der Waals surface area contributed by atoms with Crippen molar-refractivity contribution in [2.75, 3.05) is 6.54 Å². The molecule has 3 rings (SSSR count). The van der Waals surface area contributed by atoms with Crippen LogP contribution in [0.5, 0.6) is 0 Å². The Bertz CT molecular complexity index is 755. The van der Waals surface area contributed by atoms with Crippen LogP contribution >= 0.6 is 15.9 Å². The van der Waals surface area contributed by atoms with Gasteiger partial charge in [0, 0.05) is 24.0 Å². The van der Waals surface area contributed by atoms with Crippen LogP contribution in [-0.2, 0) is 21.5 Å². The molecule has 0 spiro atoms. The molecule has 0 radical (unpaired) electrons. The maximum absolute atomic E-state index is 12.7. The fraction of sp³-hybridized carbons (Fsp3) is 0.333. The number of amides is 2. The number of rotatable bonds is 7. The Morgan fingerprint density at radius 1 is 0.962 bits per heavy atom. The predicted molar refractivity (Wildman–Crippen MR) is 106 cm³/mol. The first-order chi connectivity index (χ1) is 12.6. The van der Waals surface area contributed by atoms with Crippen LogP contribution in [0.2, 0.25) is 0 Å². The monoisotopic (exact) mass is 414 g/mol. The first-order valence-electron chi connectivity index (χ1n) is 8.95. The summed E-state index contributed by atoms with van der Waals surface area (Å²) in [5.74, 6) is -0.0256. The van der Waals surface area contributed by atoms with Crippen molar-refractivity contribution in [2.45, 2.75) is 37.6 Å². The molecule has 2 aromatic carbocycles. The molecule has 0 aliphatic heterocycles. The molecule has 1 aliphatic rings. The Morgan fingerprint density at radius 3 is 2.27 bits per heavy atom. The molecule has 1 fully saturated rings. The number of hydrogen-bond donors (Lipinski definition) is 2. The van der Waals surface area contributed by atoms with Crippen LogP contribution < -0.4 is 10.6 Å². The van der Waals surface area contributed by atoms with Gasteiger partial charge in [-0.25, -0.2) is 0 Å². The van der Waals surface area contributed by atoms with E-state index in [0.717, 1.165) is 34.9 Å². The van der Waals surface area contributed by atoms with Crippen molar-refractivity contribution in [3.05, 3.63) is 70.2 Å². The van der Waals surface area contributed by atoms with Crippen molar-refractivity contribution in [2.24, 2.45) is 0 Å². The van der Waals surface area contributed by atoms with Crippen LogP contribution in [0.4, 0.5) is 0 Å². The SMILES string of the molecule is O=C(CCNC(=O)C1(c2ccc(Br)cc2)CCC1)NCc1ccccc1. The Kier molecular flexibility index (Phi) is 6.09. The Labute approximate surface area is 162 Å². The van der Waals surface area contributed by atoms with Gasteiger partial charge in [-0.1, -0.05) is 64.8 Å². The zero-order valence-electron chi connectivity index (χ0n) is 14.6. The molecule has 1 saturated carbocycles. The molecule has 2 amide bonds. The van der Waals surface area contributed by atoms with E-state index in [2.05, 4.69) is 26.6 Å².